The zero-order chi connectivity index (χ0) is 8.81. The van der Waals surface area contributed by atoms with E-state index in [0.717, 1.165) is 0 Å². The molecular formula is C11H15I. The van der Waals surface area contributed by atoms with E-state index in [-0.39, 0.29) is 0 Å². The van der Waals surface area contributed by atoms with Gasteiger partial charge in [0.25, 0.3) is 0 Å². The van der Waals surface area contributed by atoms with Crippen molar-refractivity contribution in [1.82, 2.24) is 0 Å². The average Bonchev–Trinajstić information content (AvgIpc) is 2.09. The topological polar surface area (TPSA) is 0 Å². The summed E-state index contributed by atoms with van der Waals surface area (Å²) < 4.78 is 1.22. The summed E-state index contributed by atoms with van der Waals surface area (Å²) in [7, 11) is 0. The maximum absolute atomic E-state index is 2.44. The fourth-order valence-electron chi connectivity index (χ4n) is 1.42. The Hall–Kier alpha value is -0.0500. The Morgan fingerprint density at radius 2 is 1.67 bits per heavy atom. The highest BCUT2D eigenvalue weighted by Gasteiger charge is 1.98. The number of benzene rings is 1. The van der Waals surface area contributed by atoms with Gasteiger partial charge in [0, 0.05) is 4.43 Å². The average molecular weight is 274 g/mol. The molecule has 0 saturated heterocycles. The Morgan fingerprint density at radius 1 is 1.08 bits per heavy atom. The summed E-state index contributed by atoms with van der Waals surface area (Å²) in [4.78, 5) is 0. The van der Waals surface area contributed by atoms with Gasteiger partial charge in [-0.1, -0.05) is 60.2 Å². The van der Waals surface area contributed by atoms with Crippen LogP contribution >= 0.6 is 22.6 Å². The number of alkyl halides is 1. The molecule has 0 nitrogen and oxygen atoms in total. The molecule has 1 rings (SSSR count). The second kappa shape index (κ2) is 5.57. The van der Waals surface area contributed by atoms with Gasteiger partial charge in [0.2, 0.25) is 0 Å². The van der Waals surface area contributed by atoms with Crippen molar-refractivity contribution < 1.29 is 0 Å². The van der Waals surface area contributed by atoms with E-state index in [1.54, 1.807) is 0 Å². The molecule has 0 spiro atoms. The minimum atomic E-state index is 1.22. The molecule has 0 fully saturated rings. The third-order valence-electron chi connectivity index (χ3n) is 2.00. The molecule has 0 bridgehead atoms. The van der Waals surface area contributed by atoms with Crippen molar-refractivity contribution in [3.8, 4) is 0 Å². The van der Waals surface area contributed by atoms with Crippen molar-refractivity contribution in [3.63, 3.8) is 0 Å². The highest BCUT2D eigenvalue weighted by Crippen LogP contribution is 2.12. The molecule has 12 heavy (non-hydrogen) atoms. The van der Waals surface area contributed by atoms with Crippen LogP contribution in [-0.4, -0.2) is 4.43 Å². The molecule has 1 aromatic rings. The van der Waals surface area contributed by atoms with Gasteiger partial charge in [-0.25, -0.2) is 0 Å². The molecule has 0 saturated carbocycles. The van der Waals surface area contributed by atoms with Crippen molar-refractivity contribution in [3.05, 3.63) is 35.4 Å². The standard InChI is InChI=1S/C11H15I/c1-2-5-10-6-3-4-7-11(10)8-9-12/h3-4,6-7H,2,5,8-9H2,1H3. The van der Waals surface area contributed by atoms with Gasteiger partial charge in [-0.05, 0) is 24.0 Å². The van der Waals surface area contributed by atoms with Crippen molar-refractivity contribution in [2.24, 2.45) is 0 Å². The van der Waals surface area contributed by atoms with Gasteiger partial charge < -0.3 is 0 Å². The van der Waals surface area contributed by atoms with Crippen molar-refractivity contribution in [2.45, 2.75) is 26.2 Å². The molecule has 0 aromatic heterocycles. The SMILES string of the molecule is CCCc1ccccc1CCI. The third-order valence-corrected chi connectivity index (χ3v) is 2.54. The first-order chi connectivity index (χ1) is 5.88. The van der Waals surface area contributed by atoms with E-state index >= 15 is 0 Å². The molecule has 1 heteroatoms. The lowest BCUT2D eigenvalue weighted by atomic mass is 10.0. The first kappa shape index (κ1) is 10.0. The number of rotatable bonds is 4. The fraction of sp³-hybridized carbons (Fsp3) is 0.455. The summed E-state index contributed by atoms with van der Waals surface area (Å²) in [5, 5.41) is 0. The molecule has 0 N–H and O–H groups in total. The van der Waals surface area contributed by atoms with E-state index in [9.17, 15) is 0 Å². The van der Waals surface area contributed by atoms with Gasteiger partial charge in [-0.3, -0.25) is 0 Å². The molecule has 0 radical (unpaired) electrons. The zero-order valence-corrected chi connectivity index (χ0v) is 9.67. The smallest absolute Gasteiger partial charge is 0.00359 e. The monoisotopic (exact) mass is 274 g/mol. The number of hydrogen-bond acceptors (Lipinski definition) is 0. The number of halogens is 1. The Balaban J connectivity index is 2.77. The third kappa shape index (κ3) is 2.77. The highest BCUT2D eigenvalue weighted by atomic mass is 127. The van der Waals surface area contributed by atoms with Crippen LogP contribution in [0.15, 0.2) is 24.3 Å². The molecule has 0 unspecified atom stereocenters. The molecule has 0 heterocycles. The van der Waals surface area contributed by atoms with Crippen LogP contribution in [0.2, 0.25) is 0 Å². The zero-order valence-electron chi connectivity index (χ0n) is 7.52. The van der Waals surface area contributed by atoms with Crippen LogP contribution in [0.4, 0.5) is 0 Å². The van der Waals surface area contributed by atoms with Crippen LogP contribution in [0.5, 0.6) is 0 Å². The Morgan fingerprint density at radius 3 is 2.17 bits per heavy atom. The van der Waals surface area contributed by atoms with Gasteiger partial charge in [-0.2, -0.15) is 0 Å². The summed E-state index contributed by atoms with van der Waals surface area (Å²) in [5.41, 5.74) is 3.07. The van der Waals surface area contributed by atoms with Crippen LogP contribution < -0.4 is 0 Å². The maximum atomic E-state index is 2.44. The minimum absolute atomic E-state index is 1.22. The second-order valence-corrected chi connectivity index (χ2v) is 4.04. The van der Waals surface area contributed by atoms with Gasteiger partial charge in [0.1, 0.15) is 0 Å². The molecular weight excluding hydrogens is 259 g/mol. The molecule has 0 aliphatic heterocycles. The van der Waals surface area contributed by atoms with E-state index < -0.39 is 0 Å². The van der Waals surface area contributed by atoms with E-state index in [4.69, 9.17) is 0 Å². The molecule has 66 valence electrons. The Bertz CT molecular complexity index is 205. The Kier molecular flexibility index (Phi) is 4.66. The van der Waals surface area contributed by atoms with Gasteiger partial charge >= 0.3 is 0 Å². The lowest BCUT2D eigenvalue weighted by molar-refractivity contribution is 0.902. The molecule has 1 aromatic carbocycles. The van der Waals surface area contributed by atoms with Crippen LogP contribution in [0.3, 0.4) is 0 Å². The van der Waals surface area contributed by atoms with Crippen LogP contribution in [0, 0.1) is 0 Å². The lowest BCUT2D eigenvalue weighted by Gasteiger charge is -2.05. The first-order valence-electron chi connectivity index (χ1n) is 4.51. The van der Waals surface area contributed by atoms with Crippen LogP contribution in [0.25, 0.3) is 0 Å². The number of aryl methyl sites for hydroxylation is 2. The fourth-order valence-corrected chi connectivity index (χ4v) is 2.00. The molecule has 0 atom stereocenters. The molecule has 0 aliphatic rings. The first-order valence-corrected chi connectivity index (χ1v) is 6.03. The quantitative estimate of drug-likeness (QED) is 0.581. The normalized spacial score (nSPS) is 10.2. The predicted octanol–water partition coefficient (Wildman–Crippen LogP) is 3.62. The van der Waals surface area contributed by atoms with E-state index in [1.165, 1.54) is 34.8 Å². The van der Waals surface area contributed by atoms with Crippen LogP contribution in [0.1, 0.15) is 24.5 Å². The van der Waals surface area contributed by atoms with E-state index in [0.29, 0.717) is 0 Å². The largest absolute Gasteiger partial charge is 0.0860 e. The minimum Gasteiger partial charge on any atom is -0.0860 e. The van der Waals surface area contributed by atoms with Crippen LogP contribution in [-0.2, 0) is 12.8 Å². The maximum Gasteiger partial charge on any atom is 0.00359 e. The summed E-state index contributed by atoms with van der Waals surface area (Å²) in [6, 6.07) is 8.79. The Labute approximate surface area is 88.5 Å². The van der Waals surface area contributed by atoms with Crippen molar-refractivity contribution in [2.75, 3.05) is 4.43 Å². The molecule has 0 amide bonds. The van der Waals surface area contributed by atoms with Crippen molar-refractivity contribution in [1.29, 1.82) is 0 Å². The predicted molar refractivity (Wildman–Crippen MR) is 63.0 cm³/mol. The van der Waals surface area contributed by atoms with Gasteiger partial charge in [-0.15, -0.1) is 0 Å². The highest BCUT2D eigenvalue weighted by molar-refractivity contribution is 14.1. The van der Waals surface area contributed by atoms with Gasteiger partial charge in [0.05, 0.1) is 0 Å². The van der Waals surface area contributed by atoms with E-state index in [2.05, 4.69) is 53.8 Å². The lowest BCUT2D eigenvalue weighted by Crippen LogP contribution is -1.93. The van der Waals surface area contributed by atoms with Crippen molar-refractivity contribution >= 4 is 22.6 Å². The summed E-state index contributed by atoms with van der Waals surface area (Å²) >= 11 is 2.44. The second-order valence-electron chi connectivity index (χ2n) is 2.96. The van der Waals surface area contributed by atoms with Gasteiger partial charge in [0.15, 0.2) is 0 Å². The molecule has 0 aliphatic carbocycles. The summed E-state index contributed by atoms with van der Waals surface area (Å²) in [6.07, 6.45) is 3.70. The summed E-state index contributed by atoms with van der Waals surface area (Å²) in [6.45, 7) is 2.24. The number of hydrogen-bond donors (Lipinski definition) is 0. The summed E-state index contributed by atoms with van der Waals surface area (Å²) in [5.74, 6) is 0. The van der Waals surface area contributed by atoms with E-state index in [1.807, 2.05) is 0 Å².